The van der Waals surface area contributed by atoms with Crippen molar-refractivity contribution >= 4 is 28.9 Å². The van der Waals surface area contributed by atoms with Gasteiger partial charge in [0, 0.05) is 6.54 Å². The van der Waals surface area contributed by atoms with Gasteiger partial charge in [-0.05, 0) is 41.7 Å². The van der Waals surface area contributed by atoms with Crippen molar-refractivity contribution in [3.05, 3.63) is 58.1 Å². The summed E-state index contributed by atoms with van der Waals surface area (Å²) in [5.41, 5.74) is 2.35. The van der Waals surface area contributed by atoms with Gasteiger partial charge in [0.25, 0.3) is 0 Å². The van der Waals surface area contributed by atoms with E-state index < -0.39 is 0 Å². The second-order valence-corrected chi connectivity index (χ2v) is 6.92. The first kappa shape index (κ1) is 18.0. The Kier molecular flexibility index (Phi) is 6.20. The highest BCUT2D eigenvalue weighted by atomic mass is 35.5. The summed E-state index contributed by atoms with van der Waals surface area (Å²) in [4.78, 5) is 0. The number of hydrogen-bond donors (Lipinski definition) is 1. The molecule has 4 heteroatoms. The summed E-state index contributed by atoms with van der Waals surface area (Å²) in [5.74, 6) is 0.875. The lowest BCUT2D eigenvalue weighted by Gasteiger charge is -2.23. The fourth-order valence-corrected chi connectivity index (χ4v) is 2.57. The molecule has 1 N–H and O–H groups in total. The van der Waals surface area contributed by atoms with Gasteiger partial charge in [-0.2, -0.15) is 0 Å². The van der Waals surface area contributed by atoms with Crippen LogP contribution in [0.25, 0.3) is 0 Å². The third kappa shape index (κ3) is 4.79. The van der Waals surface area contributed by atoms with Gasteiger partial charge in [-0.25, -0.2) is 0 Å². The number of hydrogen-bond acceptors (Lipinski definition) is 2. The van der Waals surface area contributed by atoms with Crippen molar-refractivity contribution in [3.8, 4) is 5.75 Å². The molecule has 2 aromatic carbocycles. The fraction of sp³-hybridized carbons (Fsp3) is 0.368. The lowest BCUT2D eigenvalue weighted by molar-refractivity contribution is 0.332. The fourth-order valence-electron chi connectivity index (χ4n) is 2.20. The molecule has 2 aromatic rings. The van der Waals surface area contributed by atoms with Gasteiger partial charge in [0.2, 0.25) is 0 Å². The van der Waals surface area contributed by atoms with Gasteiger partial charge in [0.1, 0.15) is 12.4 Å². The highest BCUT2D eigenvalue weighted by Gasteiger charge is 2.17. The van der Waals surface area contributed by atoms with Gasteiger partial charge in [-0.15, -0.1) is 0 Å². The summed E-state index contributed by atoms with van der Waals surface area (Å²) < 4.78 is 5.76. The first-order valence-electron chi connectivity index (χ1n) is 7.85. The van der Waals surface area contributed by atoms with Crippen LogP contribution in [-0.2, 0) is 5.41 Å². The quantitative estimate of drug-likeness (QED) is 0.602. The van der Waals surface area contributed by atoms with Crippen LogP contribution in [-0.4, -0.2) is 13.2 Å². The molecule has 0 atom stereocenters. The van der Waals surface area contributed by atoms with Crippen LogP contribution in [0.2, 0.25) is 10.0 Å². The molecule has 0 heterocycles. The Labute approximate surface area is 148 Å². The van der Waals surface area contributed by atoms with Crippen molar-refractivity contribution in [2.75, 3.05) is 18.5 Å². The molecule has 2 rings (SSSR count). The molecule has 0 fully saturated rings. The average molecular weight is 352 g/mol. The molecule has 0 spiro atoms. The zero-order chi connectivity index (χ0) is 16.9. The van der Waals surface area contributed by atoms with Crippen LogP contribution in [0.1, 0.15) is 32.8 Å². The summed E-state index contributed by atoms with van der Waals surface area (Å²) in [6, 6.07) is 13.9. The van der Waals surface area contributed by atoms with E-state index in [1.807, 2.05) is 24.3 Å². The normalized spacial score (nSPS) is 11.3. The van der Waals surface area contributed by atoms with Crippen LogP contribution in [0.15, 0.2) is 42.5 Å². The minimum atomic E-state index is 0.198. The summed E-state index contributed by atoms with van der Waals surface area (Å²) >= 11 is 12.1. The summed E-state index contributed by atoms with van der Waals surface area (Å²) in [7, 11) is 0. The maximum absolute atomic E-state index is 6.13. The second kappa shape index (κ2) is 7.94. The Morgan fingerprint density at radius 2 is 1.74 bits per heavy atom. The summed E-state index contributed by atoms with van der Waals surface area (Å²) in [6.07, 6.45) is 1.11. The SMILES string of the molecule is CCC(C)(C)c1ccc(OCCNc2cccc(Cl)c2Cl)cc1. The van der Waals surface area contributed by atoms with Crippen LogP contribution < -0.4 is 10.1 Å². The van der Waals surface area contributed by atoms with E-state index >= 15 is 0 Å². The van der Waals surface area contributed by atoms with Crippen LogP contribution in [0.3, 0.4) is 0 Å². The number of anilines is 1. The molecule has 0 radical (unpaired) electrons. The van der Waals surface area contributed by atoms with Crippen molar-refractivity contribution in [1.82, 2.24) is 0 Å². The topological polar surface area (TPSA) is 21.3 Å². The van der Waals surface area contributed by atoms with Crippen LogP contribution >= 0.6 is 23.2 Å². The number of rotatable bonds is 7. The minimum Gasteiger partial charge on any atom is -0.492 e. The third-order valence-electron chi connectivity index (χ3n) is 4.16. The zero-order valence-corrected chi connectivity index (χ0v) is 15.3. The second-order valence-electron chi connectivity index (χ2n) is 6.14. The molecule has 0 amide bonds. The van der Waals surface area contributed by atoms with Gasteiger partial charge >= 0.3 is 0 Å². The van der Waals surface area contributed by atoms with Crippen LogP contribution in [0.5, 0.6) is 5.75 Å². The molecular formula is C19H23Cl2NO. The average Bonchev–Trinajstić information content (AvgIpc) is 2.55. The number of ether oxygens (including phenoxy) is 1. The maximum atomic E-state index is 6.13. The van der Waals surface area contributed by atoms with E-state index in [2.05, 4.69) is 38.2 Å². The number of benzene rings is 2. The Bertz CT molecular complexity index is 638. The first-order chi connectivity index (χ1) is 10.9. The van der Waals surface area contributed by atoms with Gasteiger partial charge < -0.3 is 10.1 Å². The van der Waals surface area contributed by atoms with Crippen molar-refractivity contribution in [2.24, 2.45) is 0 Å². The largest absolute Gasteiger partial charge is 0.492 e. The molecule has 23 heavy (non-hydrogen) atoms. The van der Waals surface area contributed by atoms with E-state index in [4.69, 9.17) is 27.9 Å². The molecule has 0 bridgehead atoms. The Balaban J connectivity index is 1.84. The molecule has 0 saturated carbocycles. The monoisotopic (exact) mass is 351 g/mol. The smallest absolute Gasteiger partial charge is 0.119 e. The number of nitrogens with one attached hydrogen (secondary N) is 1. The molecule has 0 aromatic heterocycles. The Morgan fingerprint density at radius 3 is 2.39 bits per heavy atom. The van der Waals surface area contributed by atoms with Gasteiger partial charge in [-0.3, -0.25) is 0 Å². The molecule has 0 saturated heterocycles. The standard InChI is InChI=1S/C19H23Cl2NO/c1-4-19(2,3)14-8-10-15(11-9-14)23-13-12-22-17-7-5-6-16(20)18(17)21/h5-11,22H,4,12-13H2,1-3H3. The van der Waals surface area contributed by atoms with E-state index in [0.717, 1.165) is 17.9 Å². The molecule has 0 aliphatic heterocycles. The van der Waals surface area contributed by atoms with Crippen LogP contribution in [0.4, 0.5) is 5.69 Å². The minimum absolute atomic E-state index is 0.198. The zero-order valence-electron chi connectivity index (χ0n) is 13.8. The molecular weight excluding hydrogens is 329 g/mol. The predicted octanol–water partition coefficient (Wildman–Crippen LogP) is 6.17. The van der Waals surface area contributed by atoms with Crippen molar-refractivity contribution in [2.45, 2.75) is 32.6 Å². The van der Waals surface area contributed by atoms with Gasteiger partial charge in [0.05, 0.1) is 15.7 Å². The van der Waals surface area contributed by atoms with E-state index in [1.54, 1.807) is 6.07 Å². The predicted molar refractivity (Wildman–Crippen MR) is 100 cm³/mol. The van der Waals surface area contributed by atoms with Crippen molar-refractivity contribution in [3.63, 3.8) is 0 Å². The van der Waals surface area contributed by atoms with E-state index in [-0.39, 0.29) is 5.41 Å². The lowest BCUT2D eigenvalue weighted by atomic mass is 9.82. The van der Waals surface area contributed by atoms with Gasteiger partial charge in [0.15, 0.2) is 0 Å². The lowest BCUT2D eigenvalue weighted by Crippen LogP contribution is -2.15. The molecule has 0 unspecified atom stereocenters. The molecule has 0 aliphatic carbocycles. The van der Waals surface area contributed by atoms with E-state index in [0.29, 0.717) is 23.2 Å². The van der Waals surface area contributed by atoms with E-state index in [1.165, 1.54) is 5.56 Å². The van der Waals surface area contributed by atoms with Crippen LogP contribution in [0, 0.1) is 0 Å². The maximum Gasteiger partial charge on any atom is 0.119 e. The molecule has 2 nitrogen and oxygen atoms in total. The highest BCUT2D eigenvalue weighted by molar-refractivity contribution is 6.43. The summed E-state index contributed by atoms with van der Waals surface area (Å²) in [6.45, 7) is 7.92. The number of halogens is 2. The Hall–Kier alpha value is -1.38. The Morgan fingerprint density at radius 1 is 1.04 bits per heavy atom. The van der Waals surface area contributed by atoms with E-state index in [9.17, 15) is 0 Å². The molecule has 124 valence electrons. The first-order valence-corrected chi connectivity index (χ1v) is 8.61. The summed E-state index contributed by atoms with van der Waals surface area (Å²) in [5, 5.41) is 4.32. The highest BCUT2D eigenvalue weighted by Crippen LogP contribution is 2.29. The van der Waals surface area contributed by atoms with Crippen molar-refractivity contribution < 1.29 is 4.74 Å². The van der Waals surface area contributed by atoms with Gasteiger partial charge in [-0.1, -0.05) is 62.2 Å². The third-order valence-corrected chi connectivity index (χ3v) is 4.98. The molecule has 0 aliphatic rings. The van der Waals surface area contributed by atoms with Crippen molar-refractivity contribution in [1.29, 1.82) is 0 Å².